The van der Waals surface area contributed by atoms with Crippen LogP contribution >= 0.6 is 15.9 Å². The highest BCUT2D eigenvalue weighted by Crippen LogP contribution is 2.17. The molecule has 0 saturated heterocycles. The van der Waals surface area contributed by atoms with Crippen LogP contribution in [0.25, 0.3) is 0 Å². The van der Waals surface area contributed by atoms with Crippen LogP contribution in [-0.2, 0) is 14.3 Å². The average Bonchev–Trinajstić information content (AvgIpc) is 2.41. The number of ether oxygens (including phenoxy) is 1. The summed E-state index contributed by atoms with van der Waals surface area (Å²) >= 11 is 2.98. The van der Waals surface area contributed by atoms with Gasteiger partial charge < -0.3 is 10.1 Å². The van der Waals surface area contributed by atoms with E-state index in [1.54, 1.807) is 20.8 Å². The lowest BCUT2D eigenvalue weighted by atomic mass is 10.2. The summed E-state index contributed by atoms with van der Waals surface area (Å²) in [6, 6.07) is 0. The highest BCUT2D eigenvalue weighted by molar-refractivity contribution is 9.12. The van der Waals surface area contributed by atoms with Crippen molar-refractivity contribution < 1.29 is 19.1 Å². The summed E-state index contributed by atoms with van der Waals surface area (Å²) in [5.74, 6) is -0.788. The summed E-state index contributed by atoms with van der Waals surface area (Å²) in [7, 11) is 0. The fourth-order valence-electron chi connectivity index (χ4n) is 1.27. The zero-order chi connectivity index (χ0) is 13.9. The molecule has 0 spiro atoms. The molecule has 0 fully saturated rings. The minimum absolute atomic E-state index is 0.114. The molecule has 100 valence electrons. The Morgan fingerprint density at radius 2 is 2.06 bits per heavy atom. The van der Waals surface area contributed by atoms with Crippen molar-refractivity contribution in [3.63, 3.8) is 0 Å². The van der Waals surface area contributed by atoms with Crippen LogP contribution in [0.1, 0.15) is 20.8 Å². The number of amides is 3. The number of halogens is 1. The number of carbonyl (C=O) groups excluding carboxylic acids is 3. The molecule has 0 aromatic heterocycles. The maximum absolute atomic E-state index is 11.5. The average molecular weight is 319 g/mol. The molecule has 0 radical (unpaired) electrons. The van der Waals surface area contributed by atoms with E-state index < -0.39 is 23.5 Å². The van der Waals surface area contributed by atoms with Crippen molar-refractivity contribution in [3.05, 3.63) is 10.6 Å². The van der Waals surface area contributed by atoms with Gasteiger partial charge in [-0.3, -0.25) is 14.5 Å². The van der Waals surface area contributed by atoms with E-state index in [0.717, 1.165) is 4.90 Å². The van der Waals surface area contributed by atoms with Crippen LogP contribution in [0.4, 0.5) is 4.79 Å². The van der Waals surface area contributed by atoms with E-state index >= 15 is 0 Å². The topological polar surface area (TPSA) is 75.7 Å². The number of hydrogen-bond donors (Lipinski definition) is 1. The number of imide groups is 1. The third kappa shape index (κ3) is 4.14. The molecular formula is C11H15BrN2O4. The van der Waals surface area contributed by atoms with Crippen molar-refractivity contribution >= 4 is 33.8 Å². The normalized spacial score (nSPS) is 15.8. The van der Waals surface area contributed by atoms with Gasteiger partial charge in [0, 0.05) is 19.2 Å². The lowest BCUT2D eigenvalue weighted by molar-refractivity contribution is -0.136. The zero-order valence-electron chi connectivity index (χ0n) is 10.4. The molecule has 18 heavy (non-hydrogen) atoms. The molecule has 0 aliphatic carbocycles. The largest absolute Gasteiger partial charge is 0.444 e. The molecule has 6 nitrogen and oxygen atoms in total. The molecular weight excluding hydrogens is 304 g/mol. The molecule has 0 aromatic rings. The van der Waals surface area contributed by atoms with Gasteiger partial charge in [-0.15, -0.1) is 0 Å². The van der Waals surface area contributed by atoms with Crippen molar-refractivity contribution in [3.8, 4) is 0 Å². The molecule has 1 heterocycles. The summed E-state index contributed by atoms with van der Waals surface area (Å²) < 4.78 is 5.24. The number of hydrogen-bond acceptors (Lipinski definition) is 4. The lowest BCUT2D eigenvalue weighted by Crippen LogP contribution is -2.40. The Bertz CT molecular complexity index is 412. The first kappa shape index (κ1) is 14.7. The first-order valence-electron chi connectivity index (χ1n) is 5.40. The predicted molar refractivity (Wildman–Crippen MR) is 68.0 cm³/mol. The van der Waals surface area contributed by atoms with Gasteiger partial charge in [-0.2, -0.15) is 0 Å². The Kier molecular flexibility index (Phi) is 4.50. The van der Waals surface area contributed by atoms with Crippen LogP contribution in [0.2, 0.25) is 0 Å². The van der Waals surface area contributed by atoms with Crippen LogP contribution in [0.15, 0.2) is 10.6 Å². The SMILES string of the molecule is CC(C)(C)OC(=O)NCCN1C(=O)C=C(Br)C1=O. The maximum Gasteiger partial charge on any atom is 0.407 e. The van der Waals surface area contributed by atoms with E-state index in [0.29, 0.717) is 0 Å². The van der Waals surface area contributed by atoms with E-state index in [1.165, 1.54) is 6.08 Å². The van der Waals surface area contributed by atoms with Crippen LogP contribution in [0.3, 0.4) is 0 Å². The number of nitrogens with zero attached hydrogens (tertiary/aromatic N) is 1. The van der Waals surface area contributed by atoms with Crippen molar-refractivity contribution in [1.82, 2.24) is 10.2 Å². The van der Waals surface area contributed by atoms with Crippen LogP contribution in [0, 0.1) is 0 Å². The van der Waals surface area contributed by atoms with Gasteiger partial charge in [0.15, 0.2) is 0 Å². The van der Waals surface area contributed by atoms with Crippen molar-refractivity contribution in [2.24, 2.45) is 0 Å². The molecule has 0 bridgehead atoms. The molecule has 1 aliphatic rings. The fourth-order valence-corrected chi connectivity index (χ4v) is 1.68. The van der Waals surface area contributed by atoms with Crippen molar-refractivity contribution in [1.29, 1.82) is 0 Å². The van der Waals surface area contributed by atoms with E-state index in [2.05, 4.69) is 21.2 Å². The molecule has 0 saturated carbocycles. The Morgan fingerprint density at radius 1 is 1.44 bits per heavy atom. The minimum Gasteiger partial charge on any atom is -0.444 e. The quantitative estimate of drug-likeness (QED) is 0.792. The summed E-state index contributed by atoms with van der Waals surface area (Å²) in [5.41, 5.74) is -0.575. The van der Waals surface area contributed by atoms with E-state index in [-0.39, 0.29) is 17.6 Å². The van der Waals surface area contributed by atoms with Gasteiger partial charge in [-0.05, 0) is 36.7 Å². The molecule has 0 atom stereocenters. The molecule has 1 N–H and O–H groups in total. The Morgan fingerprint density at radius 3 is 2.50 bits per heavy atom. The second kappa shape index (κ2) is 5.51. The van der Waals surface area contributed by atoms with Gasteiger partial charge in [-0.25, -0.2) is 4.79 Å². The van der Waals surface area contributed by atoms with E-state index in [4.69, 9.17) is 4.74 Å². The Labute approximate surface area is 113 Å². The summed E-state index contributed by atoms with van der Waals surface area (Å²) in [4.78, 5) is 35.2. The van der Waals surface area contributed by atoms with Gasteiger partial charge in [0.25, 0.3) is 11.8 Å². The second-order valence-corrected chi connectivity index (χ2v) is 5.57. The second-order valence-electron chi connectivity index (χ2n) is 4.72. The van der Waals surface area contributed by atoms with Crippen LogP contribution < -0.4 is 5.32 Å². The van der Waals surface area contributed by atoms with Crippen LogP contribution in [-0.4, -0.2) is 41.5 Å². The standard InChI is InChI=1S/C11H15BrN2O4/c1-11(2,3)18-10(17)13-4-5-14-8(15)6-7(12)9(14)16/h6H,4-5H2,1-3H3,(H,13,17). The van der Waals surface area contributed by atoms with Gasteiger partial charge in [0.2, 0.25) is 0 Å². The molecule has 7 heteroatoms. The molecule has 0 unspecified atom stereocenters. The third-order valence-electron chi connectivity index (χ3n) is 1.97. The number of rotatable bonds is 3. The van der Waals surface area contributed by atoms with E-state index in [9.17, 15) is 14.4 Å². The highest BCUT2D eigenvalue weighted by atomic mass is 79.9. The fraction of sp³-hybridized carbons (Fsp3) is 0.545. The predicted octanol–water partition coefficient (Wildman–Crippen LogP) is 1.16. The summed E-state index contributed by atoms with van der Waals surface area (Å²) in [5, 5.41) is 2.48. The number of nitrogens with one attached hydrogen (secondary N) is 1. The van der Waals surface area contributed by atoms with Gasteiger partial charge >= 0.3 is 6.09 Å². The smallest absolute Gasteiger partial charge is 0.407 e. The van der Waals surface area contributed by atoms with Gasteiger partial charge in [0.05, 0.1) is 4.48 Å². The van der Waals surface area contributed by atoms with E-state index in [1.807, 2.05) is 0 Å². The zero-order valence-corrected chi connectivity index (χ0v) is 12.0. The number of alkyl carbamates (subject to hydrolysis) is 1. The molecule has 1 aliphatic heterocycles. The number of carbonyl (C=O) groups is 3. The lowest BCUT2D eigenvalue weighted by Gasteiger charge is -2.20. The van der Waals surface area contributed by atoms with Crippen molar-refractivity contribution in [2.75, 3.05) is 13.1 Å². The molecule has 0 aromatic carbocycles. The first-order valence-corrected chi connectivity index (χ1v) is 6.20. The van der Waals surface area contributed by atoms with Crippen LogP contribution in [0.5, 0.6) is 0 Å². The maximum atomic E-state index is 11.5. The summed E-state index contributed by atoms with van der Waals surface area (Å²) in [6.07, 6.45) is 0.629. The third-order valence-corrected chi connectivity index (χ3v) is 2.54. The first-order chi connectivity index (χ1) is 8.20. The highest BCUT2D eigenvalue weighted by Gasteiger charge is 2.29. The molecule has 1 rings (SSSR count). The summed E-state index contributed by atoms with van der Waals surface area (Å²) in [6.45, 7) is 5.52. The molecule has 3 amide bonds. The van der Waals surface area contributed by atoms with Gasteiger partial charge in [0.1, 0.15) is 5.60 Å². The van der Waals surface area contributed by atoms with Gasteiger partial charge in [-0.1, -0.05) is 0 Å². The Balaban J connectivity index is 2.34. The van der Waals surface area contributed by atoms with Crippen molar-refractivity contribution in [2.45, 2.75) is 26.4 Å². The monoisotopic (exact) mass is 318 g/mol. The minimum atomic E-state index is -0.575. The Hall–Kier alpha value is -1.37.